The maximum absolute atomic E-state index is 12.2. The zero-order chi connectivity index (χ0) is 17.9. The number of amides is 1. The van der Waals surface area contributed by atoms with Crippen molar-refractivity contribution in [2.45, 2.75) is 4.90 Å². The highest BCUT2D eigenvalue weighted by Crippen LogP contribution is 2.15. The van der Waals surface area contributed by atoms with Crippen molar-refractivity contribution in [3.63, 3.8) is 0 Å². The molecule has 1 aromatic heterocycles. The summed E-state index contributed by atoms with van der Waals surface area (Å²) >= 11 is 0. The molecule has 0 saturated carbocycles. The second-order valence-electron chi connectivity index (χ2n) is 5.40. The molecule has 1 fully saturated rings. The standard InChI is InChI=1S/C15H17N5O4S/c16-25(22,23)12-3-1-11(2-4-12)17-15(21)13-5-6-14(19-18-13)20-7-9-24-10-8-20/h1-6H,7-10H2,(H,17,21)(H2,16,22,23). The van der Waals surface area contributed by atoms with Gasteiger partial charge in [-0.25, -0.2) is 13.6 Å². The minimum Gasteiger partial charge on any atom is -0.378 e. The lowest BCUT2D eigenvalue weighted by Crippen LogP contribution is -2.37. The Balaban J connectivity index is 1.66. The predicted molar refractivity (Wildman–Crippen MR) is 90.8 cm³/mol. The first kappa shape index (κ1) is 17.3. The van der Waals surface area contributed by atoms with Crippen LogP contribution in [-0.4, -0.2) is 50.8 Å². The first-order valence-corrected chi connectivity index (χ1v) is 9.09. The van der Waals surface area contributed by atoms with Gasteiger partial charge in [0, 0.05) is 18.8 Å². The number of ether oxygens (including phenoxy) is 1. The molecule has 0 radical (unpaired) electrons. The number of nitrogens with zero attached hydrogens (tertiary/aromatic N) is 3. The molecule has 1 aliphatic heterocycles. The third-order valence-electron chi connectivity index (χ3n) is 3.66. The fourth-order valence-electron chi connectivity index (χ4n) is 2.33. The van der Waals surface area contributed by atoms with Crippen LogP contribution in [-0.2, 0) is 14.8 Å². The molecule has 25 heavy (non-hydrogen) atoms. The number of anilines is 2. The van der Waals surface area contributed by atoms with E-state index in [1.807, 2.05) is 4.90 Å². The van der Waals surface area contributed by atoms with E-state index < -0.39 is 15.9 Å². The summed E-state index contributed by atoms with van der Waals surface area (Å²) < 4.78 is 27.7. The summed E-state index contributed by atoms with van der Waals surface area (Å²) in [5, 5.41) is 15.7. The zero-order valence-electron chi connectivity index (χ0n) is 13.3. The number of morpholine rings is 1. The van der Waals surface area contributed by atoms with Gasteiger partial charge in [0.05, 0.1) is 18.1 Å². The van der Waals surface area contributed by atoms with Crippen LogP contribution < -0.4 is 15.4 Å². The molecule has 0 bridgehead atoms. The van der Waals surface area contributed by atoms with E-state index in [1.165, 1.54) is 24.3 Å². The number of nitrogens with two attached hydrogens (primary N) is 1. The van der Waals surface area contributed by atoms with Crippen LogP contribution in [0.2, 0.25) is 0 Å². The Morgan fingerprint density at radius 2 is 1.76 bits per heavy atom. The minimum atomic E-state index is -3.76. The zero-order valence-corrected chi connectivity index (χ0v) is 14.1. The lowest BCUT2D eigenvalue weighted by molar-refractivity contribution is 0.102. The average molecular weight is 363 g/mol. The molecule has 1 aromatic carbocycles. The molecule has 3 rings (SSSR count). The molecule has 132 valence electrons. The molecule has 0 aliphatic carbocycles. The molecule has 9 nitrogen and oxygen atoms in total. The Bertz CT molecular complexity index is 846. The van der Waals surface area contributed by atoms with E-state index in [0.29, 0.717) is 24.7 Å². The van der Waals surface area contributed by atoms with Crippen molar-refractivity contribution in [1.82, 2.24) is 10.2 Å². The molecule has 0 unspecified atom stereocenters. The van der Waals surface area contributed by atoms with Crippen LogP contribution in [0.25, 0.3) is 0 Å². The highest BCUT2D eigenvalue weighted by atomic mass is 32.2. The molecule has 3 N–H and O–H groups in total. The van der Waals surface area contributed by atoms with Crippen LogP contribution in [0.4, 0.5) is 11.5 Å². The molecule has 1 saturated heterocycles. The van der Waals surface area contributed by atoms with Crippen LogP contribution in [0.3, 0.4) is 0 Å². The Kier molecular flexibility index (Phi) is 4.93. The van der Waals surface area contributed by atoms with Gasteiger partial charge in [0.1, 0.15) is 0 Å². The van der Waals surface area contributed by atoms with E-state index in [9.17, 15) is 13.2 Å². The van der Waals surface area contributed by atoms with Gasteiger partial charge in [-0.2, -0.15) is 0 Å². The second-order valence-corrected chi connectivity index (χ2v) is 6.96. The second kappa shape index (κ2) is 7.13. The van der Waals surface area contributed by atoms with Crippen molar-refractivity contribution < 1.29 is 17.9 Å². The molecule has 0 spiro atoms. The van der Waals surface area contributed by atoms with Gasteiger partial charge in [-0.05, 0) is 36.4 Å². The maximum atomic E-state index is 12.2. The minimum absolute atomic E-state index is 0.0276. The van der Waals surface area contributed by atoms with Gasteiger partial charge >= 0.3 is 0 Å². The summed E-state index contributed by atoms with van der Waals surface area (Å²) in [5.74, 6) is 0.252. The Labute approximate surface area is 144 Å². The average Bonchev–Trinajstić information content (AvgIpc) is 2.62. The number of carbonyl (C=O) groups excluding carboxylic acids is 1. The first-order valence-electron chi connectivity index (χ1n) is 7.54. The van der Waals surface area contributed by atoms with Gasteiger partial charge in [-0.3, -0.25) is 4.79 Å². The summed E-state index contributed by atoms with van der Waals surface area (Å²) in [5.41, 5.74) is 0.587. The van der Waals surface area contributed by atoms with Crippen molar-refractivity contribution in [2.24, 2.45) is 5.14 Å². The van der Waals surface area contributed by atoms with Crippen molar-refractivity contribution in [3.8, 4) is 0 Å². The van der Waals surface area contributed by atoms with Gasteiger partial charge < -0.3 is 15.0 Å². The van der Waals surface area contributed by atoms with E-state index in [2.05, 4.69) is 15.5 Å². The molecule has 1 aliphatic rings. The highest BCUT2D eigenvalue weighted by Gasteiger charge is 2.15. The Hall–Kier alpha value is -2.56. The lowest BCUT2D eigenvalue weighted by Gasteiger charge is -2.27. The third-order valence-corrected chi connectivity index (χ3v) is 4.59. The molecular weight excluding hydrogens is 346 g/mol. The van der Waals surface area contributed by atoms with Crippen LogP contribution >= 0.6 is 0 Å². The Morgan fingerprint density at radius 3 is 2.32 bits per heavy atom. The smallest absolute Gasteiger partial charge is 0.276 e. The summed E-state index contributed by atoms with van der Waals surface area (Å²) in [6, 6.07) is 8.86. The molecule has 0 atom stereocenters. The molecule has 2 heterocycles. The van der Waals surface area contributed by atoms with Gasteiger partial charge in [0.15, 0.2) is 11.5 Å². The number of hydrogen-bond acceptors (Lipinski definition) is 7. The lowest BCUT2D eigenvalue weighted by atomic mass is 10.3. The summed E-state index contributed by atoms with van der Waals surface area (Å²) in [6.45, 7) is 2.74. The van der Waals surface area contributed by atoms with Crippen molar-refractivity contribution in [1.29, 1.82) is 0 Å². The van der Waals surface area contributed by atoms with E-state index in [-0.39, 0.29) is 10.6 Å². The van der Waals surface area contributed by atoms with E-state index in [1.54, 1.807) is 12.1 Å². The molecule has 1 amide bonds. The third kappa shape index (κ3) is 4.29. The van der Waals surface area contributed by atoms with Crippen LogP contribution in [0.15, 0.2) is 41.3 Å². The summed E-state index contributed by atoms with van der Waals surface area (Å²) in [7, 11) is -3.76. The van der Waals surface area contributed by atoms with Crippen molar-refractivity contribution in [3.05, 3.63) is 42.1 Å². The number of hydrogen-bond donors (Lipinski definition) is 2. The van der Waals surface area contributed by atoms with Gasteiger partial charge in [-0.15, -0.1) is 10.2 Å². The maximum Gasteiger partial charge on any atom is 0.276 e. The van der Waals surface area contributed by atoms with Gasteiger partial charge in [0.2, 0.25) is 10.0 Å². The number of aromatic nitrogens is 2. The highest BCUT2D eigenvalue weighted by molar-refractivity contribution is 7.89. The number of nitrogens with one attached hydrogen (secondary N) is 1. The molecular formula is C15H17N5O4S. The monoisotopic (exact) mass is 363 g/mol. The van der Waals surface area contributed by atoms with Crippen LogP contribution in [0, 0.1) is 0 Å². The van der Waals surface area contributed by atoms with Crippen molar-refractivity contribution in [2.75, 3.05) is 36.5 Å². The Morgan fingerprint density at radius 1 is 1.08 bits per heavy atom. The molecule has 2 aromatic rings. The number of rotatable bonds is 4. The quantitative estimate of drug-likeness (QED) is 0.795. The van der Waals surface area contributed by atoms with Crippen molar-refractivity contribution >= 4 is 27.4 Å². The van der Waals surface area contributed by atoms with Crippen LogP contribution in [0.5, 0.6) is 0 Å². The normalized spacial score (nSPS) is 15.0. The molecule has 10 heteroatoms. The van der Waals surface area contributed by atoms with E-state index in [0.717, 1.165) is 13.1 Å². The van der Waals surface area contributed by atoms with Gasteiger partial charge in [0.25, 0.3) is 5.91 Å². The number of primary sulfonamides is 1. The number of carbonyl (C=O) groups is 1. The number of sulfonamides is 1. The predicted octanol–water partition coefficient (Wildman–Crippen LogP) is 0.213. The first-order chi connectivity index (χ1) is 11.9. The SMILES string of the molecule is NS(=O)(=O)c1ccc(NC(=O)c2ccc(N3CCOCC3)nn2)cc1. The topological polar surface area (TPSA) is 128 Å². The van der Waals surface area contributed by atoms with Gasteiger partial charge in [-0.1, -0.05) is 0 Å². The largest absolute Gasteiger partial charge is 0.378 e. The fraction of sp³-hybridized carbons (Fsp3) is 0.267. The summed E-state index contributed by atoms with van der Waals surface area (Å²) in [6.07, 6.45) is 0. The fourth-order valence-corrected chi connectivity index (χ4v) is 2.85. The number of benzene rings is 1. The van der Waals surface area contributed by atoms with E-state index in [4.69, 9.17) is 9.88 Å². The van der Waals surface area contributed by atoms with E-state index >= 15 is 0 Å². The van der Waals surface area contributed by atoms with Crippen LogP contribution in [0.1, 0.15) is 10.5 Å². The summed E-state index contributed by atoms with van der Waals surface area (Å²) in [4.78, 5) is 14.2.